The van der Waals surface area contributed by atoms with Crippen LogP contribution in [0.2, 0.25) is 0 Å². The third-order valence-corrected chi connectivity index (χ3v) is 4.79. The molecule has 1 aromatic carbocycles. The molecule has 0 aliphatic heterocycles. The van der Waals surface area contributed by atoms with Gasteiger partial charge < -0.3 is 4.57 Å². The van der Waals surface area contributed by atoms with E-state index in [2.05, 4.69) is 35.0 Å². The van der Waals surface area contributed by atoms with Crippen molar-refractivity contribution in [3.05, 3.63) is 52.9 Å². The SMILES string of the molecule is Cn1ccsc1=Nc1sc(-c2ccccc2)c[n+]1C. The molecule has 0 aliphatic rings. The lowest BCUT2D eigenvalue weighted by molar-refractivity contribution is -0.653. The molecule has 2 heterocycles. The predicted molar refractivity (Wildman–Crippen MR) is 79.4 cm³/mol. The van der Waals surface area contributed by atoms with Crippen LogP contribution in [0.1, 0.15) is 0 Å². The van der Waals surface area contributed by atoms with Crippen LogP contribution in [0.15, 0.2) is 53.1 Å². The van der Waals surface area contributed by atoms with Crippen LogP contribution in [-0.2, 0) is 14.1 Å². The van der Waals surface area contributed by atoms with Crippen molar-refractivity contribution in [1.82, 2.24) is 4.57 Å². The summed E-state index contributed by atoms with van der Waals surface area (Å²) in [5.41, 5.74) is 1.24. The first kappa shape index (κ1) is 12.3. The van der Waals surface area contributed by atoms with E-state index in [0.29, 0.717) is 0 Å². The molecule has 5 heteroatoms. The first-order valence-corrected chi connectivity index (χ1v) is 7.63. The molecule has 19 heavy (non-hydrogen) atoms. The van der Waals surface area contributed by atoms with Gasteiger partial charge in [0.15, 0.2) is 0 Å². The summed E-state index contributed by atoms with van der Waals surface area (Å²) >= 11 is 3.36. The Hall–Kier alpha value is -1.72. The van der Waals surface area contributed by atoms with Crippen LogP contribution >= 0.6 is 22.7 Å². The van der Waals surface area contributed by atoms with E-state index in [1.54, 1.807) is 22.7 Å². The van der Waals surface area contributed by atoms with E-state index >= 15 is 0 Å². The van der Waals surface area contributed by atoms with E-state index in [-0.39, 0.29) is 0 Å². The Balaban J connectivity index is 2.06. The van der Waals surface area contributed by atoms with E-state index in [1.807, 2.05) is 36.3 Å². The summed E-state index contributed by atoms with van der Waals surface area (Å²) < 4.78 is 4.11. The second-order valence-corrected chi connectivity index (χ2v) is 6.15. The number of rotatable bonds is 2. The molecular formula is C14H14N3S2+. The quantitative estimate of drug-likeness (QED) is 0.647. The third-order valence-electron chi connectivity index (χ3n) is 2.82. The lowest BCUT2D eigenvalue weighted by atomic mass is 10.2. The molecule has 2 aromatic heterocycles. The van der Waals surface area contributed by atoms with Gasteiger partial charge in [-0.25, -0.2) is 4.57 Å². The number of aryl methyl sites for hydroxylation is 2. The lowest BCUT2D eigenvalue weighted by Gasteiger charge is -1.91. The molecule has 3 nitrogen and oxygen atoms in total. The summed E-state index contributed by atoms with van der Waals surface area (Å²) in [5, 5.41) is 3.06. The zero-order chi connectivity index (χ0) is 13.2. The molecule has 3 rings (SSSR count). The summed E-state index contributed by atoms with van der Waals surface area (Å²) in [6.45, 7) is 0. The van der Waals surface area contributed by atoms with Crippen molar-refractivity contribution in [1.29, 1.82) is 0 Å². The lowest BCUT2D eigenvalue weighted by Crippen LogP contribution is -2.25. The maximum absolute atomic E-state index is 4.71. The Kier molecular flexibility index (Phi) is 3.31. The first-order chi connectivity index (χ1) is 9.24. The Bertz CT molecular complexity index is 750. The van der Waals surface area contributed by atoms with Crippen molar-refractivity contribution >= 4 is 27.8 Å². The number of benzene rings is 1. The zero-order valence-corrected chi connectivity index (χ0v) is 12.4. The topological polar surface area (TPSA) is 21.2 Å². The highest BCUT2D eigenvalue weighted by atomic mass is 32.1. The van der Waals surface area contributed by atoms with Crippen LogP contribution in [0.5, 0.6) is 0 Å². The van der Waals surface area contributed by atoms with Gasteiger partial charge in [0.25, 0.3) is 0 Å². The molecule has 0 fully saturated rings. The Morgan fingerprint density at radius 2 is 2.00 bits per heavy atom. The van der Waals surface area contributed by atoms with E-state index in [4.69, 9.17) is 4.99 Å². The minimum atomic E-state index is 1.01. The molecule has 0 radical (unpaired) electrons. The van der Waals surface area contributed by atoms with Gasteiger partial charge in [0.2, 0.25) is 0 Å². The monoisotopic (exact) mass is 288 g/mol. The standard InChI is InChI=1S/C14H14N3S2/c1-16-8-9-18-13(16)15-14-17(2)10-12(19-14)11-6-4-3-5-7-11/h3-10H,1-2H3/q+1. The smallest absolute Gasteiger partial charge is 0.306 e. The molecule has 0 bridgehead atoms. The summed E-state index contributed by atoms with van der Waals surface area (Å²) in [6.07, 6.45) is 4.15. The van der Waals surface area contributed by atoms with Crippen molar-refractivity contribution < 1.29 is 4.57 Å². The molecule has 3 aromatic rings. The average Bonchev–Trinajstić information content (AvgIpc) is 2.99. The fraction of sp³-hybridized carbons (Fsp3) is 0.143. The summed E-state index contributed by atoms with van der Waals surface area (Å²) in [4.78, 5) is 6.96. The van der Waals surface area contributed by atoms with Crippen molar-refractivity contribution in [2.45, 2.75) is 0 Å². The Morgan fingerprint density at radius 3 is 2.68 bits per heavy atom. The average molecular weight is 288 g/mol. The van der Waals surface area contributed by atoms with Crippen LogP contribution < -0.4 is 9.37 Å². The van der Waals surface area contributed by atoms with Gasteiger partial charge >= 0.3 is 9.93 Å². The molecule has 0 N–H and O–H groups in total. The Labute approximate surface area is 119 Å². The van der Waals surface area contributed by atoms with Crippen LogP contribution in [0.3, 0.4) is 0 Å². The highest BCUT2D eigenvalue weighted by Gasteiger charge is 2.14. The molecular weight excluding hydrogens is 274 g/mol. The molecule has 0 saturated heterocycles. The fourth-order valence-electron chi connectivity index (χ4n) is 1.78. The maximum Gasteiger partial charge on any atom is 0.385 e. The van der Waals surface area contributed by atoms with Crippen molar-refractivity contribution in [3.8, 4) is 10.4 Å². The van der Waals surface area contributed by atoms with Crippen molar-refractivity contribution in [3.63, 3.8) is 0 Å². The fourth-order valence-corrected chi connectivity index (χ4v) is 3.56. The largest absolute Gasteiger partial charge is 0.385 e. The molecule has 0 atom stereocenters. The minimum absolute atomic E-state index is 1.01. The van der Waals surface area contributed by atoms with Crippen LogP contribution in [0.4, 0.5) is 5.13 Å². The van der Waals surface area contributed by atoms with Crippen molar-refractivity contribution in [2.75, 3.05) is 0 Å². The molecule has 0 unspecified atom stereocenters. The minimum Gasteiger partial charge on any atom is -0.306 e. The van der Waals surface area contributed by atoms with Gasteiger partial charge in [0.1, 0.15) is 6.20 Å². The third kappa shape index (κ3) is 2.52. The number of nitrogens with zero attached hydrogens (tertiary/aromatic N) is 3. The van der Waals surface area contributed by atoms with E-state index in [1.165, 1.54) is 10.4 Å². The van der Waals surface area contributed by atoms with Gasteiger partial charge in [-0.2, -0.15) is 0 Å². The summed E-state index contributed by atoms with van der Waals surface area (Å²) in [5.74, 6) is 0. The van der Waals surface area contributed by atoms with Gasteiger partial charge in [0.05, 0.1) is 11.9 Å². The number of aromatic nitrogens is 2. The van der Waals surface area contributed by atoms with Crippen molar-refractivity contribution in [2.24, 2.45) is 19.1 Å². The molecule has 0 spiro atoms. The van der Waals surface area contributed by atoms with Gasteiger partial charge in [-0.15, -0.1) is 0 Å². The maximum atomic E-state index is 4.71. The number of hydrogen-bond donors (Lipinski definition) is 0. The van der Waals surface area contributed by atoms with Crippen LogP contribution in [0, 0.1) is 0 Å². The van der Waals surface area contributed by atoms with Gasteiger partial charge in [-0.3, -0.25) is 0 Å². The van der Waals surface area contributed by atoms with E-state index in [9.17, 15) is 0 Å². The van der Waals surface area contributed by atoms with Gasteiger partial charge in [0, 0.05) is 23.6 Å². The second kappa shape index (κ2) is 5.11. The highest BCUT2D eigenvalue weighted by molar-refractivity contribution is 7.18. The number of hydrogen-bond acceptors (Lipinski definition) is 3. The molecule has 96 valence electrons. The highest BCUT2D eigenvalue weighted by Crippen LogP contribution is 2.28. The normalized spacial score (nSPS) is 12.0. The molecule has 0 aliphatic carbocycles. The zero-order valence-electron chi connectivity index (χ0n) is 10.8. The predicted octanol–water partition coefficient (Wildman–Crippen LogP) is 2.87. The van der Waals surface area contributed by atoms with E-state index < -0.39 is 0 Å². The van der Waals surface area contributed by atoms with E-state index in [0.717, 1.165) is 9.93 Å². The summed E-state index contributed by atoms with van der Waals surface area (Å²) in [6, 6.07) is 10.4. The van der Waals surface area contributed by atoms with Crippen LogP contribution in [-0.4, -0.2) is 4.57 Å². The van der Waals surface area contributed by atoms with Crippen LogP contribution in [0.25, 0.3) is 10.4 Å². The Morgan fingerprint density at radius 1 is 1.21 bits per heavy atom. The first-order valence-electron chi connectivity index (χ1n) is 5.94. The number of thiazole rings is 2. The molecule has 0 saturated carbocycles. The molecule has 0 amide bonds. The summed E-state index contributed by atoms with van der Waals surface area (Å²) in [7, 11) is 4.05. The van der Waals surface area contributed by atoms with Gasteiger partial charge in [-0.1, -0.05) is 41.7 Å². The van der Waals surface area contributed by atoms with Gasteiger partial charge in [-0.05, 0) is 16.9 Å². The second-order valence-electron chi connectivity index (χ2n) is 4.26.